The summed E-state index contributed by atoms with van der Waals surface area (Å²) < 4.78 is 0. The minimum Gasteiger partial charge on any atom is -0.502 e. The van der Waals surface area contributed by atoms with Crippen molar-refractivity contribution in [2.45, 2.75) is 13.0 Å². The smallest absolute Gasteiger partial charge is 0.311 e. The molecule has 2 N–H and O–H groups in total. The Morgan fingerprint density at radius 3 is 2.76 bits per heavy atom. The SMILES string of the molecule is CC1C(=O)NC(=O)CN1C(=O)c1cccc([N+](=O)[O-])c1O. The molecule has 1 heterocycles. The number of nitrogens with zero attached hydrogens (tertiary/aromatic N) is 2. The van der Waals surface area contributed by atoms with Gasteiger partial charge in [0.15, 0.2) is 0 Å². The summed E-state index contributed by atoms with van der Waals surface area (Å²) in [5, 5.41) is 22.6. The summed E-state index contributed by atoms with van der Waals surface area (Å²) in [7, 11) is 0. The molecule has 0 saturated carbocycles. The number of aromatic hydroxyl groups is 1. The Balaban J connectivity index is 2.40. The van der Waals surface area contributed by atoms with Crippen LogP contribution in [0.25, 0.3) is 0 Å². The second kappa shape index (κ2) is 5.19. The lowest BCUT2D eigenvalue weighted by Gasteiger charge is -2.31. The highest BCUT2D eigenvalue weighted by Gasteiger charge is 2.35. The number of carbonyl (C=O) groups is 3. The summed E-state index contributed by atoms with van der Waals surface area (Å²) in [6.45, 7) is 1.04. The molecule has 1 aliphatic rings. The van der Waals surface area contributed by atoms with Gasteiger partial charge in [-0.15, -0.1) is 0 Å². The highest BCUT2D eigenvalue weighted by Crippen LogP contribution is 2.30. The lowest BCUT2D eigenvalue weighted by Crippen LogP contribution is -2.58. The molecule has 110 valence electrons. The van der Waals surface area contributed by atoms with E-state index in [9.17, 15) is 29.6 Å². The summed E-state index contributed by atoms with van der Waals surface area (Å²) in [5.41, 5.74) is -0.958. The summed E-state index contributed by atoms with van der Waals surface area (Å²) >= 11 is 0. The number of phenols is 1. The topological polar surface area (TPSA) is 130 Å². The van der Waals surface area contributed by atoms with Gasteiger partial charge in [-0.05, 0) is 13.0 Å². The molecule has 0 spiro atoms. The third kappa shape index (κ3) is 2.53. The van der Waals surface area contributed by atoms with Crippen molar-refractivity contribution in [3.8, 4) is 5.75 Å². The van der Waals surface area contributed by atoms with Gasteiger partial charge in [-0.1, -0.05) is 6.07 Å². The first kappa shape index (κ1) is 14.4. The zero-order valence-corrected chi connectivity index (χ0v) is 10.9. The van der Waals surface area contributed by atoms with Crippen molar-refractivity contribution < 1.29 is 24.4 Å². The monoisotopic (exact) mass is 293 g/mol. The third-order valence-corrected chi connectivity index (χ3v) is 3.13. The molecule has 1 aromatic carbocycles. The molecule has 1 aliphatic heterocycles. The van der Waals surface area contributed by atoms with Crippen LogP contribution in [0.3, 0.4) is 0 Å². The fourth-order valence-electron chi connectivity index (χ4n) is 1.97. The number of hydrogen-bond donors (Lipinski definition) is 2. The van der Waals surface area contributed by atoms with E-state index < -0.39 is 40.1 Å². The molecule has 1 fully saturated rings. The van der Waals surface area contributed by atoms with Crippen molar-refractivity contribution in [3.63, 3.8) is 0 Å². The van der Waals surface area contributed by atoms with E-state index in [1.54, 1.807) is 0 Å². The first-order chi connectivity index (χ1) is 9.82. The number of para-hydroxylation sites is 1. The molecule has 9 heteroatoms. The van der Waals surface area contributed by atoms with E-state index in [0.29, 0.717) is 0 Å². The normalized spacial score (nSPS) is 18.3. The van der Waals surface area contributed by atoms with E-state index >= 15 is 0 Å². The Morgan fingerprint density at radius 2 is 2.14 bits per heavy atom. The molecule has 1 saturated heterocycles. The Morgan fingerprint density at radius 1 is 1.48 bits per heavy atom. The number of imide groups is 1. The number of carbonyl (C=O) groups excluding carboxylic acids is 3. The Hall–Kier alpha value is -2.97. The molecule has 1 unspecified atom stereocenters. The highest BCUT2D eigenvalue weighted by atomic mass is 16.6. The van der Waals surface area contributed by atoms with E-state index in [1.807, 2.05) is 0 Å². The van der Waals surface area contributed by atoms with Crippen LogP contribution in [0.15, 0.2) is 18.2 Å². The number of benzene rings is 1. The summed E-state index contributed by atoms with van der Waals surface area (Å²) in [6, 6.07) is 2.55. The van der Waals surface area contributed by atoms with Crippen LogP contribution >= 0.6 is 0 Å². The van der Waals surface area contributed by atoms with Gasteiger partial charge in [-0.2, -0.15) is 0 Å². The first-order valence-corrected chi connectivity index (χ1v) is 5.94. The summed E-state index contributed by atoms with van der Waals surface area (Å²) in [6.07, 6.45) is 0. The molecule has 21 heavy (non-hydrogen) atoms. The van der Waals surface area contributed by atoms with Gasteiger partial charge in [0.2, 0.25) is 17.6 Å². The number of piperazine rings is 1. The number of nitro benzene ring substituents is 1. The van der Waals surface area contributed by atoms with Crippen molar-refractivity contribution in [1.82, 2.24) is 10.2 Å². The molecule has 0 bridgehead atoms. The van der Waals surface area contributed by atoms with Gasteiger partial charge in [0.05, 0.1) is 10.5 Å². The minimum absolute atomic E-state index is 0.335. The van der Waals surface area contributed by atoms with Crippen LogP contribution in [-0.2, 0) is 9.59 Å². The van der Waals surface area contributed by atoms with Gasteiger partial charge in [-0.3, -0.25) is 29.8 Å². The van der Waals surface area contributed by atoms with Crippen LogP contribution < -0.4 is 5.32 Å². The van der Waals surface area contributed by atoms with Gasteiger partial charge in [0.25, 0.3) is 5.91 Å². The maximum Gasteiger partial charge on any atom is 0.311 e. The van der Waals surface area contributed by atoms with E-state index in [0.717, 1.165) is 11.0 Å². The highest BCUT2D eigenvalue weighted by molar-refractivity contribution is 6.08. The van der Waals surface area contributed by atoms with Crippen LogP contribution in [0.4, 0.5) is 5.69 Å². The van der Waals surface area contributed by atoms with Crippen molar-refractivity contribution in [1.29, 1.82) is 0 Å². The van der Waals surface area contributed by atoms with Crippen LogP contribution in [0.5, 0.6) is 5.75 Å². The molecule has 1 atom stereocenters. The standard InChI is InChI=1S/C12H11N3O6/c1-6-11(18)13-9(16)5-14(6)12(19)7-3-2-4-8(10(7)17)15(20)21/h2-4,6,17H,5H2,1H3,(H,13,16,18). The average Bonchev–Trinajstić information content (AvgIpc) is 2.42. The van der Waals surface area contributed by atoms with Crippen LogP contribution in [0.1, 0.15) is 17.3 Å². The number of hydrogen-bond acceptors (Lipinski definition) is 6. The minimum atomic E-state index is -0.922. The fourth-order valence-corrected chi connectivity index (χ4v) is 1.97. The third-order valence-electron chi connectivity index (χ3n) is 3.13. The maximum absolute atomic E-state index is 12.3. The lowest BCUT2D eigenvalue weighted by atomic mass is 10.1. The molecular formula is C12H11N3O6. The Kier molecular flexibility index (Phi) is 3.57. The molecule has 1 aromatic rings. The van der Waals surface area contributed by atoms with Gasteiger partial charge in [0.1, 0.15) is 12.6 Å². The largest absolute Gasteiger partial charge is 0.502 e. The molecule has 0 radical (unpaired) electrons. The van der Waals surface area contributed by atoms with Gasteiger partial charge >= 0.3 is 5.69 Å². The number of amides is 3. The number of rotatable bonds is 2. The van der Waals surface area contributed by atoms with Crippen molar-refractivity contribution in [2.24, 2.45) is 0 Å². The zero-order chi connectivity index (χ0) is 15.7. The van der Waals surface area contributed by atoms with Crippen LogP contribution in [0, 0.1) is 10.1 Å². The molecule has 2 rings (SSSR count). The number of nitro groups is 1. The maximum atomic E-state index is 12.3. The fraction of sp³-hybridized carbons (Fsp3) is 0.250. The van der Waals surface area contributed by atoms with E-state index in [1.165, 1.54) is 19.1 Å². The quantitative estimate of drug-likeness (QED) is 0.440. The van der Waals surface area contributed by atoms with Crippen molar-refractivity contribution in [2.75, 3.05) is 6.54 Å². The lowest BCUT2D eigenvalue weighted by molar-refractivity contribution is -0.385. The average molecular weight is 293 g/mol. The van der Waals surface area contributed by atoms with E-state index in [4.69, 9.17) is 0 Å². The van der Waals surface area contributed by atoms with Crippen LogP contribution in [0.2, 0.25) is 0 Å². The van der Waals surface area contributed by atoms with E-state index in [2.05, 4.69) is 5.32 Å². The number of nitrogens with one attached hydrogen (secondary N) is 1. The predicted octanol–water partition coefficient (Wildman–Crippen LogP) is -0.213. The Labute approximate surface area is 118 Å². The molecule has 0 aliphatic carbocycles. The second-order valence-electron chi connectivity index (χ2n) is 4.45. The van der Waals surface area contributed by atoms with Crippen molar-refractivity contribution in [3.05, 3.63) is 33.9 Å². The van der Waals surface area contributed by atoms with Gasteiger partial charge in [-0.25, -0.2) is 0 Å². The van der Waals surface area contributed by atoms with Crippen molar-refractivity contribution >= 4 is 23.4 Å². The first-order valence-electron chi connectivity index (χ1n) is 5.94. The molecular weight excluding hydrogens is 282 g/mol. The molecule has 3 amide bonds. The predicted molar refractivity (Wildman–Crippen MR) is 68.4 cm³/mol. The summed E-state index contributed by atoms with van der Waals surface area (Å²) in [4.78, 5) is 46.0. The van der Waals surface area contributed by atoms with Crippen LogP contribution in [-0.4, -0.2) is 45.2 Å². The van der Waals surface area contributed by atoms with Gasteiger partial charge in [0, 0.05) is 6.07 Å². The van der Waals surface area contributed by atoms with E-state index in [-0.39, 0.29) is 12.1 Å². The zero-order valence-electron chi connectivity index (χ0n) is 10.9. The molecule has 0 aromatic heterocycles. The second-order valence-corrected chi connectivity index (χ2v) is 4.45. The van der Waals surface area contributed by atoms with Gasteiger partial charge < -0.3 is 10.0 Å². The number of phenolic OH excluding ortho intramolecular Hbond substituents is 1. The molecule has 9 nitrogen and oxygen atoms in total. The Bertz CT molecular complexity index is 656. The summed E-state index contributed by atoms with van der Waals surface area (Å²) in [5.74, 6) is -2.93.